The van der Waals surface area contributed by atoms with E-state index in [0.29, 0.717) is 6.54 Å². The molecule has 0 radical (unpaired) electrons. The fourth-order valence-corrected chi connectivity index (χ4v) is 1.69. The summed E-state index contributed by atoms with van der Waals surface area (Å²) in [5.41, 5.74) is 8.00. The average molecular weight is 238 g/mol. The van der Waals surface area contributed by atoms with Crippen LogP contribution in [0.5, 0.6) is 0 Å². The first kappa shape index (κ1) is 13.7. The van der Waals surface area contributed by atoms with Gasteiger partial charge in [0.1, 0.15) is 0 Å². The molecule has 1 amide bonds. The van der Waals surface area contributed by atoms with Gasteiger partial charge in [0.25, 0.3) is 0 Å². The van der Waals surface area contributed by atoms with E-state index < -0.39 is 0 Å². The summed E-state index contributed by atoms with van der Waals surface area (Å²) in [7, 11) is 0. The predicted molar refractivity (Wildman–Crippen MR) is 67.5 cm³/mol. The van der Waals surface area contributed by atoms with Gasteiger partial charge in [0.2, 0.25) is 5.91 Å². The molecule has 0 aromatic carbocycles. The number of nitrogens with two attached hydrogens (primary N) is 1. The van der Waals surface area contributed by atoms with Crippen LogP contribution in [0.25, 0.3) is 0 Å². The summed E-state index contributed by atoms with van der Waals surface area (Å²) < 4.78 is 0. The summed E-state index contributed by atoms with van der Waals surface area (Å²) >= 11 is 0. The van der Waals surface area contributed by atoms with E-state index in [2.05, 4.69) is 15.5 Å². The Hall–Kier alpha value is -1.36. The Balaban J connectivity index is 2.16. The summed E-state index contributed by atoms with van der Waals surface area (Å²) in [6.45, 7) is 4.69. The van der Waals surface area contributed by atoms with E-state index >= 15 is 0 Å². The first-order valence-corrected chi connectivity index (χ1v) is 6.17. The van der Waals surface area contributed by atoms with Gasteiger partial charge in [0.05, 0.1) is 12.2 Å². The maximum atomic E-state index is 11.5. The molecular formula is C12H22N4O. The van der Waals surface area contributed by atoms with Crippen LogP contribution in [-0.4, -0.2) is 28.7 Å². The standard InChI is InChI=1S/C12H22N4O/c1-3-5-11(13)12(17)14-7-4-6-10-8-15-16-9(10)2/h8,11H,3-7,13H2,1-2H3,(H,14,17)(H,15,16)/t11-/m1/s1. The lowest BCUT2D eigenvalue weighted by atomic mass is 10.1. The second-order valence-corrected chi connectivity index (χ2v) is 4.31. The molecule has 1 rings (SSSR count). The molecule has 4 N–H and O–H groups in total. The number of rotatable bonds is 7. The van der Waals surface area contributed by atoms with E-state index in [9.17, 15) is 4.79 Å². The van der Waals surface area contributed by atoms with Crippen molar-refractivity contribution in [2.75, 3.05) is 6.54 Å². The van der Waals surface area contributed by atoms with Crippen molar-refractivity contribution in [3.8, 4) is 0 Å². The first-order valence-electron chi connectivity index (χ1n) is 6.17. The molecule has 0 aliphatic carbocycles. The fourth-order valence-electron chi connectivity index (χ4n) is 1.69. The van der Waals surface area contributed by atoms with Crippen LogP contribution in [0, 0.1) is 6.92 Å². The van der Waals surface area contributed by atoms with Crippen LogP contribution in [0.3, 0.4) is 0 Å². The molecule has 0 aliphatic rings. The minimum Gasteiger partial charge on any atom is -0.355 e. The molecular weight excluding hydrogens is 216 g/mol. The SMILES string of the molecule is CCC[C@@H](N)C(=O)NCCCc1cn[nH]c1C. The molecule has 96 valence electrons. The van der Waals surface area contributed by atoms with Gasteiger partial charge in [-0.25, -0.2) is 0 Å². The number of nitrogens with one attached hydrogen (secondary N) is 2. The van der Waals surface area contributed by atoms with Crippen molar-refractivity contribution in [3.63, 3.8) is 0 Å². The number of hydrogen-bond acceptors (Lipinski definition) is 3. The van der Waals surface area contributed by atoms with Crippen LogP contribution in [0.15, 0.2) is 6.20 Å². The maximum Gasteiger partial charge on any atom is 0.236 e. The van der Waals surface area contributed by atoms with Gasteiger partial charge in [-0.15, -0.1) is 0 Å². The van der Waals surface area contributed by atoms with Gasteiger partial charge in [0, 0.05) is 12.2 Å². The average Bonchev–Trinajstić information content (AvgIpc) is 2.70. The smallest absolute Gasteiger partial charge is 0.236 e. The van der Waals surface area contributed by atoms with Gasteiger partial charge in [-0.3, -0.25) is 9.89 Å². The molecule has 0 fully saturated rings. The van der Waals surface area contributed by atoms with E-state index in [4.69, 9.17) is 5.73 Å². The fraction of sp³-hybridized carbons (Fsp3) is 0.667. The topological polar surface area (TPSA) is 83.8 Å². The summed E-state index contributed by atoms with van der Waals surface area (Å²) in [4.78, 5) is 11.5. The van der Waals surface area contributed by atoms with Crippen molar-refractivity contribution in [2.45, 2.75) is 45.6 Å². The monoisotopic (exact) mass is 238 g/mol. The number of amides is 1. The Kier molecular flexibility index (Phi) is 5.69. The molecule has 1 aromatic rings. The molecule has 0 saturated heterocycles. The van der Waals surface area contributed by atoms with E-state index in [1.54, 1.807) is 0 Å². The molecule has 0 bridgehead atoms. The van der Waals surface area contributed by atoms with E-state index in [-0.39, 0.29) is 11.9 Å². The van der Waals surface area contributed by atoms with E-state index in [0.717, 1.165) is 31.4 Å². The number of H-pyrrole nitrogens is 1. The van der Waals surface area contributed by atoms with Gasteiger partial charge < -0.3 is 11.1 Å². The highest BCUT2D eigenvalue weighted by molar-refractivity contribution is 5.81. The van der Waals surface area contributed by atoms with Crippen LogP contribution in [0.1, 0.15) is 37.4 Å². The largest absolute Gasteiger partial charge is 0.355 e. The molecule has 0 saturated carbocycles. The second-order valence-electron chi connectivity index (χ2n) is 4.31. The lowest BCUT2D eigenvalue weighted by molar-refractivity contribution is -0.122. The number of aryl methyl sites for hydroxylation is 2. The zero-order valence-corrected chi connectivity index (χ0v) is 10.6. The van der Waals surface area contributed by atoms with Crippen LogP contribution >= 0.6 is 0 Å². The van der Waals surface area contributed by atoms with Gasteiger partial charge >= 0.3 is 0 Å². The van der Waals surface area contributed by atoms with Gasteiger partial charge in [-0.1, -0.05) is 13.3 Å². The van der Waals surface area contributed by atoms with Crippen molar-refractivity contribution >= 4 is 5.91 Å². The summed E-state index contributed by atoms with van der Waals surface area (Å²) in [5, 5.41) is 9.71. The van der Waals surface area contributed by atoms with Crippen molar-refractivity contribution in [2.24, 2.45) is 5.73 Å². The molecule has 0 spiro atoms. The molecule has 5 nitrogen and oxygen atoms in total. The Labute approximate surface area is 102 Å². The molecule has 0 aliphatic heterocycles. The molecule has 17 heavy (non-hydrogen) atoms. The number of aromatic amines is 1. The number of nitrogens with zero attached hydrogens (tertiary/aromatic N) is 1. The van der Waals surface area contributed by atoms with Crippen molar-refractivity contribution in [1.29, 1.82) is 0 Å². The van der Waals surface area contributed by atoms with Crippen molar-refractivity contribution in [3.05, 3.63) is 17.5 Å². The van der Waals surface area contributed by atoms with Gasteiger partial charge in [-0.2, -0.15) is 5.10 Å². The van der Waals surface area contributed by atoms with Crippen LogP contribution in [-0.2, 0) is 11.2 Å². The molecule has 0 unspecified atom stereocenters. The Morgan fingerprint density at radius 1 is 1.65 bits per heavy atom. The molecule has 5 heteroatoms. The molecule has 1 aromatic heterocycles. The Morgan fingerprint density at radius 3 is 3.00 bits per heavy atom. The van der Waals surface area contributed by atoms with E-state index in [1.165, 1.54) is 5.56 Å². The van der Waals surface area contributed by atoms with Crippen molar-refractivity contribution < 1.29 is 4.79 Å². The lowest BCUT2D eigenvalue weighted by Crippen LogP contribution is -2.40. The van der Waals surface area contributed by atoms with Gasteiger partial charge in [-0.05, 0) is 31.7 Å². The van der Waals surface area contributed by atoms with E-state index in [1.807, 2.05) is 20.0 Å². The minimum absolute atomic E-state index is 0.0456. The minimum atomic E-state index is -0.365. The summed E-state index contributed by atoms with van der Waals surface area (Å²) in [5.74, 6) is -0.0456. The number of carbonyl (C=O) groups is 1. The third-order valence-electron chi connectivity index (χ3n) is 2.79. The lowest BCUT2D eigenvalue weighted by Gasteiger charge is -2.10. The third-order valence-corrected chi connectivity index (χ3v) is 2.79. The summed E-state index contributed by atoms with van der Waals surface area (Å²) in [6, 6.07) is -0.365. The number of hydrogen-bond donors (Lipinski definition) is 3. The number of carbonyl (C=O) groups excluding carboxylic acids is 1. The van der Waals surface area contributed by atoms with Crippen LogP contribution in [0.2, 0.25) is 0 Å². The normalized spacial score (nSPS) is 12.4. The van der Waals surface area contributed by atoms with Crippen LogP contribution in [0.4, 0.5) is 0 Å². The molecule has 1 heterocycles. The third kappa shape index (κ3) is 4.56. The highest BCUT2D eigenvalue weighted by Gasteiger charge is 2.10. The van der Waals surface area contributed by atoms with Crippen molar-refractivity contribution in [1.82, 2.24) is 15.5 Å². The zero-order valence-electron chi connectivity index (χ0n) is 10.6. The summed E-state index contributed by atoms with van der Waals surface area (Å²) in [6.07, 6.45) is 5.34. The Bertz CT molecular complexity index is 348. The number of aromatic nitrogens is 2. The quantitative estimate of drug-likeness (QED) is 0.617. The maximum absolute atomic E-state index is 11.5. The van der Waals surface area contributed by atoms with Crippen LogP contribution < -0.4 is 11.1 Å². The first-order chi connectivity index (χ1) is 8.15. The highest BCUT2D eigenvalue weighted by Crippen LogP contribution is 2.05. The molecule has 1 atom stereocenters. The Morgan fingerprint density at radius 2 is 2.41 bits per heavy atom. The highest BCUT2D eigenvalue weighted by atomic mass is 16.2. The second kappa shape index (κ2) is 7.06. The zero-order chi connectivity index (χ0) is 12.7. The van der Waals surface area contributed by atoms with Gasteiger partial charge in [0.15, 0.2) is 0 Å². The predicted octanol–water partition coefficient (Wildman–Crippen LogP) is 0.894.